The maximum absolute atomic E-state index is 11.5. The normalized spacial score (nSPS) is 12.2. The number of aryl methyl sites for hydroxylation is 2. The quantitative estimate of drug-likeness (QED) is 0.310. The molecule has 0 aliphatic carbocycles. The Morgan fingerprint density at radius 1 is 1.14 bits per heavy atom. The molecule has 0 saturated heterocycles. The van der Waals surface area contributed by atoms with Crippen LogP contribution in [0.25, 0.3) is 5.69 Å². The molecular formula is C20H32N6O2S. The molecule has 2 rings (SSSR count). The van der Waals surface area contributed by atoms with E-state index in [1.54, 1.807) is 6.92 Å². The van der Waals surface area contributed by atoms with E-state index in [1.165, 1.54) is 0 Å². The Labute approximate surface area is 173 Å². The monoisotopic (exact) mass is 420 g/mol. The fourth-order valence-corrected chi connectivity index (χ4v) is 3.51. The van der Waals surface area contributed by atoms with Crippen LogP contribution in [0.4, 0.5) is 0 Å². The molecule has 8 nitrogen and oxygen atoms in total. The molecule has 160 valence electrons. The summed E-state index contributed by atoms with van der Waals surface area (Å²) in [5.41, 5.74) is 4.16. The van der Waals surface area contributed by atoms with E-state index in [4.69, 9.17) is 0 Å². The molecule has 0 aliphatic heterocycles. The second-order valence-corrected chi connectivity index (χ2v) is 8.84. The van der Waals surface area contributed by atoms with Crippen LogP contribution in [0.2, 0.25) is 0 Å². The summed E-state index contributed by atoms with van der Waals surface area (Å²) in [6.07, 6.45) is 0.673. The summed E-state index contributed by atoms with van der Waals surface area (Å²) >= 11 is 0. The number of hydrogen-bond acceptors (Lipinski definition) is 4. The Kier molecular flexibility index (Phi) is 8.66. The third-order valence-corrected chi connectivity index (χ3v) is 5.73. The number of hydrogen-bond donors (Lipinski definition) is 3. The zero-order valence-electron chi connectivity index (χ0n) is 17.7. The lowest BCUT2D eigenvalue weighted by molar-refractivity contribution is 0.579. The van der Waals surface area contributed by atoms with Gasteiger partial charge in [-0.3, -0.25) is 0 Å². The van der Waals surface area contributed by atoms with E-state index >= 15 is 0 Å². The molecule has 0 spiro atoms. The van der Waals surface area contributed by atoms with Gasteiger partial charge in [-0.1, -0.05) is 18.2 Å². The minimum Gasteiger partial charge on any atom is -0.357 e. The summed E-state index contributed by atoms with van der Waals surface area (Å²) in [5.74, 6) is 0.799. The molecule has 29 heavy (non-hydrogen) atoms. The smallest absolute Gasteiger partial charge is 0.211 e. The largest absolute Gasteiger partial charge is 0.357 e. The lowest BCUT2D eigenvalue weighted by atomic mass is 10.2. The van der Waals surface area contributed by atoms with Gasteiger partial charge in [0.1, 0.15) is 0 Å². The topological polar surface area (TPSA) is 100 Å². The van der Waals surface area contributed by atoms with Gasteiger partial charge in [-0.15, -0.1) is 0 Å². The van der Waals surface area contributed by atoms with Crippen molar-refractivity contribution in [3.8, 4) is 5.69 Å². The molecule has 0 fully saturated rings. The van der Waals surface area contributed by atoms with Crippen LogP contribution in [-0.2, 0) is 16.6 Å². The Morgan fingerprint density at radius 3 is 2.55 bits per heavy atom. The van der Waals surface area contributed by atoms with Crippen molar-refractivity contribution < 1.29 is 8.42 Å². The van der Waals surface area contributed by atoms with E-state index in [0.29, 0.717) is 32.0 Å². The number of guanidine groups is 1. The number of sulfonamides is 1. The number of rotatable bonds is 10. The molecule has 2 aromatic rings. The molecule has 0 saturated carbocycles. The third kappa shape index (κ3) is 7.17. The molecule has 0 unspecified atom stereocenters. The first-order valence-electron chi connectivity index (χ1n) is 9.97. The van der Waals surface area contributed by atoms with Crippen LogP contribution in [0.5, 0.6) is 0 Å². The summed E-state index contributed by atoms with van der Waals surface area (Å²) in [5, 5.41) is 11.1. The number of para-hydroxylation sites is 1. The predicted molar refractivity (Wildman–Crippen MR) is 118 cm³/mol. The van der Waals surface area contributed by atoms with Crippen LogP contribution in [0, 0.1) is 13.8 Å². The van der Waals surface area contributed by atoms with Gasteiger partial charge in [0, 0.05) is 25.3 Å². The summed E-state index contributed by atoms with van der Waals surface area (Å²) in [7, 11) is -3.14. The molecule has 1 heterocycles. The van der Waals surface area contributed by atoms with Gasteiger partial charge in [0.2, 0.25) is 10.0 Å². The van der Waals surface area contributed by atoms with Crippen molar-refractivity contribution in [2.75, 3.05) is 25.4 Å². The average Bonchev–Trinajstić information content (AvgIpc) is 3.03. The zero-order chi connectivity index (χ0) is 21.3. The molecule has 0 bridgehead atoms. The van der Waals surface area contributed by atoms with E-state index in [9.17, 15) is 8.42 Å². The minimum absolute atomic E-state index is 0.0964. The van der Waals surface area contributed by atoms with Crippen LogP contribution >= 0.6 is 0 Å². The van der Waals surface area contributed by atoms with Gasteiger partial charge in [0.15, 0.2) is 5.96 Å². The fraction of sp³-hybridized carbons (Fsp3) is 0.500. The van der Waals surface area contributed by atoms with E-state index in [2.05, 4.69) is 37.6 Å². The van der Waals surface area contributed by atoms with Crippen molar-refractivity contribution in [1.29, 1.82) is 0 Å². The predicted octanol–water partition coefficient (Wildman–Crippen LogP) is 1.87. The number of benzene rings is 1. The highest BCUT2D eigenvalue weighted by atomic mass is 32.2. The highest BCUT2D eigenvalue weighted by Crippen LogP contribution is 2.17. The first kappa shape index (κ1) is 22.9. The van der Waals surface area contributed by atoms with Gasteiger partial charge in [0.05, 0.1) is 23.7 Å². The third-order valence-electron chi connectivity index (χ3n) is 4.33. The van der Waals surface area contributed by atoms with Crippen molar-refractivity contribution >= 4 is 16.0 Å². The van der Waals surface area contributed by atoms with E-state index in [-0.39, 0.29) is 5.75 Å². The number of nitrogens with one attached hydrogen (secondary N) is 3. The van der Waals surface area contributed by atoms with Crippen LogP contribution in [0.1, 0.15) is 37.2 Å². The molecule has 0 amide bonds. The molecular weight excluding hydrogens is 388 g/mol. The Morgan fingerprint density at radius 2 is 1.90 bits per heavy atom. The minimum atomic E-state index is -3.14. The van der Waals surface area contributed by atoms with Gasteiger partial charge in [0.25, 0.3) is 0 Å². The first-order valence-corrected chi connectivity index (χ1v) is 11.6. The SMILES string of the molecule is CCNC(=NCc1ccccc1-n1nc(C)cc1C)NCCCNS(=O)(=O)CC. The van der Waals surface area contributed by atoms with Crippen LogP contribution in [0.3, 0.4) is 0 Å². The average molecular weight is 421 g/mol. The van der Waals surface area contributed by atoms with Crippen molar-refractivity contribution in [2.24, 2.45) is 4.99 Å². The summed E-state index contributed by atoms with van der Waals surface area (Å²) in [4.78, 5) is 4.68. The maximum Gasteiger partial charge on any atom is 0.211 e. The lowest BCUT2D eigenvalue weighted by Crippen LogP contribution is -2.38. The number of aliphatic imine (C=N–C) groups is 1. The van der Waals surface area contributed by atoms with E-state index in [1.807, 2.05) is 43.7 Å². The van der Waals surface area contributed by atoms with Crippen molar-refractivity contribution in [2.45, 2.75) is 40.7 Å². The second kappa shape index (κ2) is 11.0. The molecule has 1 aromatic heterocycles. The lowest BCUT2D eigenvalue weighted by Gasteiger charge is -2.13. The van der Waals surface area contributed by atoms with Gasteiger partial charge in [-0.25, -0.2) is 22.8 Å². The fourth-order valence-electron chi connectivity index (χ4n) is 2.85. The molecule has 1 aromatic carbocycles. The van der Waals surface area contributed by atoms with Gasteiger partial charge in [-0.2, -0.15) is 5.10 Å². The van der Waals surface area contributed by atoms with Crippen LogP contribution < -0.4 is 15.4 Å². The van der Waals surface area contributed by atoms with Crippen molar-refractivity contribution in [1.82, 2.24) is 25.1 Å². The van der Waals surface area contributed by atoms with Crippen molar-refractivity contribution in [3.63, 3.8) is 0 Å². The highest BCUT2D eigenvalue weighted by Gasteiger charge is 2.09. The molecule has 0 radical (unpaired) electrons. The Hall–Kier alpha value is -2.39. The molecule has 0 atom stereocenters. The van der Waals surface area contributed by atoms with Gasteiger partial charge < -0.3 is 10.6 Å². The summed E-state index contributed by atoms with van der Waals surface area (Å²) in [6.45, 7) is 9.94. The summed E-state index contributed by atoms with van der Waals surface area (Å²) in [6, 6.07) is 10.2. The zero-order valence-corrected chi connectivity index (χ0v) is 18.5. The summed E-state index contributed by atoms with van der Waals surface area (Å²) < 4.78 is 27.4. The second-order valence-electron chi connectivity index (χ2n) is 6.74. The maximum atomic E-state index is 11.5. The molecule has 0 aliphatic rings. The highest BCUT2D eigenvalue weighted by molar-refractivity contribution is 7.89. The van der Waals surface area contributed by atoms with Gasteiger partial charge >= 0.3 is 0 Å². The molecule has 3 N–H and O–H groups in total. The van der Waals surface area contributed by atoms with Crippen molar-refractivity contribution in [3.05, 3.63) is 47.3 Å². The standard InChI is InChI=1S/C20H32N6O2S/c1-5-21-20(22-12-9-13-24-29(27,28)6-2)23-15-18-10-7-8-11-19(18)26-17(4)14-16(3)25-26/h7-8,10-11,14,24H,5-6,9,12-13,15H2,1-4H3,(H2,21,22,23). The van der Waals surface area contributed by atoms with Gasteiger partial charge in [-0.05, 0) is 51.8 Å². The number of nitrogens with zero attached hydrogens (tertiary/aromatic N) is 3. The molecule has 9 heteroatoms. The Balaban J connectivity index is 2.01. The number of aromatic nitrogens is 2. The van der Waals surface area contributed by atoms with Crippen LogP contribution in [-0.4, -0.2) is 49.5 Å². The Bertz CT molecular complexity index is 921. The van der Waals surface area contributed by atoms with Crippen LogP contribution in [0.15, 0.2) is 35.3 Å². The first-order chi connectivity index (χ1) is 13.9. The van der Waals surface area contributed by atoms with E-state index < -0.39 is 10.0 Å². The van der Waals surface area contributed by atoms with E-state index in [0.717, 1.165) is 29.2 Å².